The Morgan fingerprint density at radius 1 is 1.08 bits per heavy atom. The number of ether oxygens (including phenoxy) is 1. The monoisotopic (exact) mass is 483 g/mol. The van der Waals surface area contributed by atoms with Crippen LogP contribution in [0.15, 0.2) is 4.99 Å². The van der Waals surface area contributed by atoms with Gasteiger partial charge in [0.25, 0.3) is 0 Å². The SMILES string of the molecule is CCN1CCN(CCCCNC(=NC)NCC(OC)C(C)(C)C)CC1.I. The summed E-state index contributed by atoms with van der Waals surface area (Å²) in [5, 5.41) is 6.79. The molecule has 6 nitrogen and oxygen atoms in total. The lowest BCUT2D eigenvalue weighted by molar-refractivity contribution is 0.0205. The molecule has 0 radical (unpaired) electrons. The van der Waals surface area contributed by atoms with Gasteiger partial charge in [-0.25, -0.2) is 0 Å². The van der Waals surface area contributed by atoms with Crippen LogP contribution < -0.4 is 10.6 Å². The molecule has 0 amide bonds. The Bertz CT molecular complexity index is 379. The molecule has 7 heteroatoms. The zero-order valence-electron chi connectivity index (χ0n) is 17.8. The largest absolute Gasteiger partial charge is 0.379 e. The number of guanidine groups is 1. The van der Waals surface area contributed by atoms with Crippen molar-refractivity contribution in [1.29, 1.82) is 0 Å². The topological polar surface area (TPSA) is 52.1 Å². The summed E-state index contributed by atoms with van der Waals surface area (Å²) in [6.07, 6.45) is 2.56. The molecule has 1 unspecified atom stereocenters. The molecule has 2 N–H and O–H groups in total. The van der Waals surface area contributed by atoms with Gasteiger partial charge in [0.1, 0.15) is 0 Å². The molecule has 156 valence electrons. The zero-order chi connectivity index (χ0) is 18.7. The van der Waals surface area contributed by atoms with Gasteiger partial charge in [0, 0.05) is 53.4 Å². The van der Waals surface area contributed by atoms with E-state index >= 15 is 0 Å². The lowest BCUT2D eigenvalue weighted by Gasteiger charge is -2.34. The van der Waals surface area contributed by atoms with Crippen molar-refractivity contribution in [3.63, 3.8) is 0 Å². The van der Waals surface area contributed by atoms with Crippen molar-refractivity contribution in [2.75, 3.05) is 66.5 Å². The van der Waals surface area contributed by atoms with E-state index in [4.69, 9.17) is 4.74 Å². The fraction of sp³-hybridized carbons (Fsp3) is 0.947. The van der Waals surface area contributed by atoms with E-state index in [1.54, 1.807) is 7.11 Å². The highest BCUT2D eigenvalue weighted by Gasteiger charge is 2.24. The molecule has 0 aromatic carbocycles. The van der Waals surface area contributed by atoms with Gasteiger partial charge in [-0.3, -0.25) is 4.99 Å². The summed E-state index contributed by atoms with van der Waals surface area (Å²) in [5.41, 5.74) is 0.113. The minimum Gasteiger partial charge on any atom is -0.379 e. The van der Waals surface area contributed by atoms with Gasteiger partial charge >= 0.3 is 0 Å². The Morgan fingerprint density at radius 3 is 2.19 bits per heavy atom. The number of rotatable bonds is 9. The molecule has 0 aromatic rings. The minimum absolute atomic E-state index is 0. The van der Waals surface area contributed by atoms with E-state index in [0.29, 0.717) is 0 Å². The molecule has 1 rings (SSSR count). The molecule has 1 atom stereocenters. The average Bonchev–Trinajstić information content (AvgIpc) is 2.59. The molecule has 0 aliphatic carbocycles. The third-order valence-corrected chi connectivity index (χ3v) is 5.03. The maximum Gasteiger partial charge on any atom is 0.191 e. The highest BCUT2D eigenvalue weighted by molar-refractivity contribution is 14.0. The first kappa shape index (κ1) is 25.9. The van der Waals surface area contributed by atoms with E-state index in [2.05, 4.69) is 53.1 Å². The summed E-state index contributed by atoms with van der Waals surface area (Å²) in [6.45, 7) is 17.8. The summed E-state index contributed by atoms with van der Waals surface area (Å²) in [5.74, 6) is 0.864. The summed E-state index contributed by atoms with van der Waals surface area (Å²) in [6, 6.07) is 0. The van der Waals surface area contributed by atoms with Crippen molar-refractivity contribution < 1.29 is 4.74 Å². The molecule has 1 aliphatic rings. The quantitative estimate of drug-likeness (QED) is 0.228. The number of piperazine rings is 1. The van der Waals surface area contributed by atoms with E-state index in [0.717, 1.165) is 19.0 Å². The Labute approximate surface area is 178 Å². The van der Waals surface area contributed by atoms with Crippen LogP contribution in [0.1, 0.15) is 40.5 Å². The van der Waals surface area contributed by atoms with E-state index in [1.165, 1.54) is 52.1 Å². The number of nitrogens with one attached hydrogen (secondary N) is 2. The predicted octanol–water partition coefficient (Wildman–Crippen LogP) is 2.25. The van der Waals surface area contributed by atoms with Crippen molar-refractivity contribution in [3.8, 4) is 0 Å². The number of nitrogens with zero attached hydrogens (tertiary/aromatic N) is 3. The van der Waals surface area contributed by atoms with Crippen molar-refractivity contribution in [2.45, 2.75) is 46.6 Å². The fourth-order valence-corrected chi connectivity index (χ4v) is 3.15. The second-order valence-electron chi connectivity index (χ2n) is 7.95. The van der Waals surface area contributed by atoms with Crippen LogP contribution in [0.25, 0.3) is 0 Å². The van der Waals surface area contributed by atoms with Gasteiger partial charge in [0.2, 0.25) is 0 Å². The van der Waals surface area contributed by atoms with Crippen molar-refractivity contribution in [3.05, 3.63) is 0 Å². The number of hydrogen-bond acceptors (Lipinski definition) is 4. The summed E-state index contributed by atoms with van der Waals surface area (Å²) >= 11 is 0. The third-order valence-electron chi connectivity index (χ3n) is 5.03. The highest BCUT2D eigenvalue weighted by atomic mass is 127. The zero-order valence-corrected chi connectivity index (χ0v) is 20.1. The minimum atomic E-state index is 0. The van der Waals surface area contributed by atoms with E-state index < -0.39 is 0 Å². The van der Waals surface area contributed by atoms with Gasteiger partial charge in [0.15, 0.2) is 5.96 Å². The number of likely N-dealkylation sites (N-methyl/N-ethyl adjacent to an activating group) is 1. The molecular weight excluding hydrogens is 441 g/mol. The van der Waals surface area contributed by atoms with Crippen LogP contribution in [0.4, 0.5) is 0 Å². The molecule has 0 spiro atoms. The van der Waals surface area contributed by atoms with Crippen molar-refractivity contribution in [2.24, 2.45) is 10.4 Å². The van der Waals surface area contributed by atoms with E-state index in [9.17, 15) is 0 Å². The second-order valence-corrected chi connectivity index (χ2v) is 7.95. The predicted molar refractivity (Wildman–Crippen MR) is 123 cm³/mol. The normalized spacial score (nSPS) is 18.3. The molecule has 26 heavy (non-hydrogen) atoms. The Balaban J connectivity index is 0.00000625. The van der Waals surface area contributed by atoms with Gasteiger partial charge in [-0.2, -0.15) is 0 Å². The van der Waals surface area contributed by atoms with Crippen LogP contribution >= 0.6 is 24.0 Å². The lowest BCUT2D eigenvalue weighted by atomic mass is 9.89. The van der Waals surface area contributed by atoms with Gasteiger partial charge in [-0.1, -0.05) is 27.7 Å². The lowest BCUT2D eigenvalue weighted by Crippen LogP contribution is -2.46. The van der Waals surface area contributed by atoms with Gasteiger partial charge in [0.05, 0.1) is 6.10 Å². The van der Waals surface area contributed by atoms with Crippen LogP contribution in [0.2, 0.25) is 0 Å². The average molecular weight is 483 g/mol. The summed E-state index contributed by atoms with van der Waals surface area (Å²) in [7, 11) is 3.59. The highest BCUT2D eigenvalue weighted by Crippen LogP contribution is 2.20. The second kappa shape index (κ2) is 14.0. The molecule has 1 aliphatic heterocycles. The van der Waals surface area contributed by atoms with Crippen LogP contribution in [0.5, 0.6) is 0 Å². The number of halogens is 1. The van der Waals surface area contributed by atoms with Crippen LogP contribution in [-0.2, 0) is 4.74 Å². The smallest absolute Gasteiger partial charge is 0.191 e. The van der Waals surface area contributed by atoms with Crippen LogP contribution in [0.3, 0.4) is 0 Å². The van der Waals surface area contributed by atoms with Gasteiger partial charge < -0.3 is 25.2 Å². The van der Waals surface area contributed by atoms with Crippen LogP contribution in [-0.4, -0.2) is 88.4 Å². The maximum absolute atomic E-state index is 5.58. The molecule has 0 saturated carbocycles. The fourth-order valence-electron chi connectivity index (χ4n) is 3.15. The molecule has 1 fully saturated rings. The molecule has 1 saturated heterocycles. The number of aliphatic imine (C=N–C) groups is 1. The Kier molecular flexibility index (Phi) is 13.9. The summed E-state index contributed by atoms with van der Waals surface area (Å²) < 4.78 is 5.58. The Morgan fingerprint density at radius 2 is 1.69 bits per heavy atom. The third kappa shape index (κ3) is 10.3. The molecule has 1 heterocycles. The van der Waals surface area contributed by atoms with Gasteiger partial charge in [-0.15, -0.1) is 24.0 Å². The first-order valence-electron chi connectivity index (χ1n) is 9.82. The number of hydrogen-bond donors (Lipinski definition) is 2. The van der Waals surface area contributed by atoms with Crippen molar-refractivity contribution in [1.82, 2.24) is 20.4 Å². The number of methoxy groups -OCH3 is 1. The standard InChI is InChI=1S/C19H41N5O.HI/c1-7-23-12-14-24(15-13-23)11-9-8-10-21-18(20-5)22-16-17(25-6)19(2,3)4;/h17H,7-16H2,1-6H3,(H2,20,21,22);1H. The Hall–Kier alpha value is -0.120. The molecular formula is C19H42IN5O. The van der Waals surface area contributed by atoms with E-state index in [1.807, 2.05) is 7.05 Å². The van der Waals surface area contributed by atoms with Crippen LogP contribution in [0, 0.1) is 5.41 Å². The van der Waals surface area contributed by atoms with E-state index in [-0.39, 0.29) is 35.5 Å². The maximum atomic E-state index is 5.58. The molecule has 0 aromatic heterocycles. The number of unbranched alkanes of at least 4 members (excludes halogenated alkanes) is 1. The van der Waals surface area contributed by atoms with Crippen molar-refractivity contribution >= 4 is 29.9 Å². The summed E-state index contributed by atoms with van der Waals surface area (Å²) in [4.78, 5) is 9.42. The van der Waals surface area contributed by atoms with Gasteiger partial charge in [-0.05, 0) is 31.3 Å². The molecule has 0 bridgehead atoms. The first-order valence-corrected chi connectivity index (χ1v) is 9.82. The first-order chi connectivity index (χ1) is 11.9.